The van der Waals surface area contributed by atoms with E-state index in [4.69, 9.17) is 4.42 Å². The van der Waals surface area contributed by atoms with Gasteiger partial charge in [0.05, 0.1) is 12.0 Å². The Kier molecular flexibility index (Phi) is 4.85. The maximum absolute atomic E-state index is 12.2. The van der Waals surface area contributed by atoms with E-state index in [9.17, 15) is 4.79 Å². The fraction of sp³-hybridized carbons (Fsp3) is 0.312. The first-order chi connectivity index (χ1) is 12.7. The molecule has 1 saturated carbocycles. The van der Waals surface area contributed by atoms with E-state index in [1.807, 2.05) is 10.6 Å². The second-order valence-electron chi connectivity index (χ2n) is 5.74. The maximum atomic E-state index is 12.2. The van der Waals surface area contributed by atoms with Crippen LogP contribution in [0.15, 0.2) is 40.6 Å². The number of amides is 1. The molecule has 1 amide bonds. The number of hydrogen-bond donors (Lipinski definition) is 1. The zero-order chi connectivity index (χ0) is 17.9. The van der Waals surface area contributed by atoms with E-state index >= 15 is 0 Å². The zero-order valence-electron chi connectivity index (χ0n) is 13.8. The van der Waals surface area contributed by atoms with E-state index < -0.39 is 0 Å². The summed E-state index contributed by atoms with van der Waals surface area (Å²) in [6, 6.07) is 3.61. The number of thioether (sulfide) groups is 1. The number of aromatic nitrogens is 5. The summed E-state index contributed by atoms with van der Waals surface area (Å²) in [6.45, 7) is 4.28. The molecular formula is C16H16N6O2S2. The van der Waals surface area contributed by atoms with Gasteiger partial charge in [-0.1, -0.05) is 29.2 Å². The number of carbonyl (C=O) groups is 1. The molecule has 0 spiro atoms. The molecule has 1 fully saturated rings. The minimum absolute atomic E-state index is 0.152. The van der Waals surface area contributed by atoms with Crippen LogP contribution >= 0.6 is 23.1 Å². The van der Waals surface area contributed by atoms with Gasteiger partial charge in [0.25, 0.3) is 0 Å². The number of nitrogens with one attached hydrogen (secondary N) is 1. The van der Waals surface area contributed by atoms with Gasteiger partial charge in [0.2, 0.25) is 16.9 Å². The second-order valence-corrected chi connectivity index (χ2v) is 7.69. The van der Waals surface area contributed by atoms with Crippen molar-refractivity contribution < 1.29 is 9.21 Å². The predicted molar refractivity (Wildman–Crippen MR) is 99.2 cm³/mol. The summed E-state index contributed by atoms with van der Waals surface area (Å²) in [4.78, 5) is 12.2. The fourth-order valence-corrected chi connectivity index (χ4v) is 4.02. The van der Waals surface area contributed by atoms with Crippen LogP contribution in [0, 0.1) is 0 Å². The summed E-state index contributed by atoms with van der Waals surface area (Å²) in [7, 11) is 0. The van der Waals surface area contributed by atoms with Gasteiger partial charge >= 0.3 is 0 Å². The number of hydrogen-bond acceptors (Lipinski definition) is 8. The molecule has 0 saturated heterocycles. The minimum Gasteiger partial charge on any atom is -0.461 e. The molecule has 10 heteroatoms. The summed E-state index contributed by atoms with van der Waals surface area (Å²) in [5, 5.41) is 21.4. The Morgan fingerprint density at radius 1 is 1.42 bits per heavy atom. The topological polar surface area (TPSA) is 98.7 Å². The van der Waals surface area contributed by atoms with E-state index in [2.05, 4.69) is 32.3 Å². The highest BCUT2D eigenvalue weighted by atomic mass is 32.2. The molecule has 3 heterocycles. The number of anilines is 1. The van der Waals surface area contributed by atoms with Gasteiger partial charge in [-0.3, -0.25) is 14.7 Å². The Bertz CT molecular complexity index is 913. The first kappa shape index (κ1) is 17.0. The molecule has 8 nitrogen and oxygen atoms in total. The summed E-state index contributed by atoms with van der Waals surface area (Å²) in [5.74, 6) is 1.81. The van der Waals surface area contributed by atoms with E-state index in [0.29, 0.717) is 34.3 Å². The molecule has 0 radical (unpaired) electrons. The van der Waals surface area contributed by atoms with Crippen LogP contribution < -0.4 is 5.32 Å². The first-order valence-corrected chi connectivity index (χ1v) is 9.89. The lowest BCUT2D eigenvalue weighted by Gasteiger charge is -2.06. The third-order valence-corrected chi connectivity index (χ3v) is 5.68. The molecule has 0 aromatic carbocycles. The van der Waals surface area contributed by atoms with Crippen LogP contribution in [-0.2, 0) is 11.3 Å². The van der Waals surface area contributed by atoms with Crippen molar-refractivity contribution in [2.45, 2.75) is 30.5 Å². The predicted octanol–water partition coefficient (Wildman–Crippen LogP) is 3.18. The molecule has 26 heavy (non-hydrogen) atoms. The van der Waals surface area contributed by atoms with Crippen molar-refractivity contribution in [1.29, 1.82) is 0 Å². The van der Waals surface area contributed by atoms with Crippen molar-refractivity contribution in [3.8, 4) is 11.6 Å². The standard InChI is InChI=1S/C16H16N6O2S2/c1-2-7-22-13(11-4-3-8-24-11)18-21-16(22)25-9-12(23)17-15-20-19-14(26-15)10-5-6-10/h2-4,8,10H,1,5-7,9H2,(H,17,20,23). The number of allylic oxidation sites excluding steroid dienone is 1. The Morgan fingerprint density at radius 3 is 3.04 bits per heavy atom. The zero-order valence-corrected chi connectivity index (χ0v) is 15.4. The van der Waals surface area contributed by atoms with Crippen molar-refractivity contribution in [2.24, 2.45) is 0 Å². The average molecular weight is 388 g/mol. The smallest absolute Gasteiger partial charge is 0.236 e. The van der Waals surface area contributed by atoms with Crippen molar-refractivity contribution in [3.05, 3.63) is 36.1 Å². The molecule has 0 unspecified atom stereocenters. The normalized spacial score (nSPS) is 13.7. The summed E-state index contributed by atoms with van der Waals surface area (Å²) in [6.07, 6.45) is 5.66. The highest BCUT2D eigenvalue weighted by Crippen LogP contribution is 2.42. The van der Waals surface area contributed by atoms with E-state index in [-0.39, 0.29) is 11.7 Å². The molecular weight excluding hydrogens is 372 g/mol. The second kappa shape index (κ2) is 7.42. The lowest BCUT2D eigenvalue weighted by molar-refractivity contribution is -0.113. The van der Waals surface area contributed by atoms with Crippen LogP contribution in [0.4, 0.5) is 5.13 Å². The van der Waals surface area contributed by atoms with Crippen molar-refractivity contribution in [2.75, 3.05) is 11.1 Å². The molecule has 1 aliphatic rings. The monoisotopic (exact) mass is 388 g/mol. The largest absolute Gasteiger partial charge is 0.461 e. The molecule has 134 valence electrons. The van der Waals surface area contributed by atoms with Gasteiger partial charge in [-0.15, -0.1) is 27.0 Å². The van der Waals surface area contributed by atoms with Crippen molar-refractivity contribution in [3.63, 3.8) is 0 Å². The SMILES string of the molecule is C=CCn1c(SCC(=O)Nc2nnc(C3CC3)s2)nnc1-c1ccco1. The highest BCUT2D eigenvalue weighted by Gasteiger charge is 2.27. The summed E-state index contributed by atoms with van der Waals surface area (Å²) >= 11 is 2.75. The number of furan rings is 1. The van der Waals surface area contributed by atoms with Gasteiger partial charge in [0.1, 0.15) is 5.01 Å². The molecule has 4 rings (SSSR count). The van der Waals surface area contributed by atoms with Gasteiger partial charge < -0.3 is 4.42 Å². The van der Waals surface area contributed by atoms with Crippen molar-refractivity contribution >= 4 is 34.1 Å². The quantitative estimate of drug-likeness (QED) is 0.467. The third-order valence-electron chi connectivity index (χ3n) is 3.72. The van der Waals surface area contributed by atoms with Crippen molar-refractivity contribution in [1.82, 2.24) is 25.0 Å². The van der Waals surface area contributed by atoms with E-state index in [0.717, 1.165) is 17.8 Å². The van der Waals surface area contributed by atoms with E-state index in [1.165, 1.54) is 23.1 Å². The Morgan fingerprint density at radius 2 is 2.31 bits per heavy atom. The summed E-state index contributed by atoms with van der Waals surface area (Å²) in [5.41, 5.74) is 0. The third kappa shape index (κ3) is 3.70. The summed E-state index contributed by atoms with van der Waals surface area (Å²) < 4.78 is 7.25. The van der Waals surface area contributed by atoms with Crippen LogP contribution in [0.25, 0.3) is 11.6 Å². The van der Waals surface area contributed by atoms with Gasteiger partial charge in [-0.25, -0.2) is 0 Å². The number of nitrogens with zero attached hydrogens (tertiary/aromatic N) is 5. The number of carbonyl (C=O) groups excluding carboxylic acids is 1. The minimum atomic E-state index is -0.152. The molecule has 0 aliphatic heterocycles. The molecule has 0 bridgehead atoms. The molecule has 0 atom stereocenters. The Hall–Kier alpha value is -2.46. The van der Waals surface area contributed by atoms with Gasteiger partial charge in [-0.2, -0.15) is 0 Å². The first-order valence-electron chi connectivity index (χ1n) is 8.08. The van der Waals surface area contributed by atoms with Crippen LogP contribution in [0.1, 0.15) is 23.8 Å². The van der Waals surface area contributed by atoms with Crippen LogP contribution in [0.3, 0.4) is 0 Å². The fourth-order valence-electron chi connectivity index (χ4n) is 2.34. The van der Waals surface area contributed by atoms with Crippen LogP contribution in [0.2, 0.25) is 0 Å². The molecule has 1 aliphatic carbocycles. The maximum Gasteiger partial charge on any atom is 0.236 e. The average Bonchev–Trinajstić information content (AvgIpc) is 3.02. The van der Waals surface area contributed by atoms with E-state index in [1.54, 1.807) is 18.4 Å². The lowest BCUT2D eigenvalue weighted by Crippen LogP contribution is -2.14. The molecule has 3 aromatic heterocycles. The van der Waals surface area contributed by atoms with Gasteiger partial charge in [-0.05, 0) is 25.0 Å². The van der Waals surface area contributed by atoms with Gasteiger partial charge in [0, 0.05) is 12.5 Å². The Balaban J connectivity index is 1.40. The number of rotatable bonds is 8. The Labute approximate surface area is 157 Å². The molecule has 1 N–H and O–H groups in total. The van der Waals surface area contributed by atoms with Crippen LogP contribution in [0.5, 0.6) is 0 Å². The lowest BCUT2D eigenvalue weighted by atomic mass is 10.4. The van der Waals surface area contributed by atoms with Crippen LogP contribution in [-0.4, -0.2) is 36.6 Å². The molecule has 3 aromatic rings. The highest BCUT2D eigenvalue weighted by molar-refractivity contribution is 7.99. The van der Waals surface area contributed by atoms with Gasteiger partial charge in [0.15, 0.2) is 10.9 Å².